The van der Waals surface area contributed by atoms with Crippen molar-refractivity contribution in [3.05, 3.63) is 69.1 Å². The molecule has 3 aromatic rings. The maximum atomic E-state index is 14.1. The summed E-state index contributed by atoms with van der Waals surface area (Å²) in [5.41, 5.74) is 5.45. The topological polar surface area (TPSA) is 108 Å². The smallest absolute Gasteiger partial charge is 0.289 e. The number of nitro benzene ring substituents is 1. The van der Waals surface area contributed by atoms with E-state index in [1.54, 1.807) is 0 Å². The van der Waals surface area contributed by atoms with E-state index in [0.717, 1.165) is 22.2 Å². The molecule has 0 aliphatic carbocycles. The quantitative estimate of drug-likeness (QED) is 0.550. The molecule has 0 unspecified atom stereocenters. The Morgan fingerprint density at radius 1 is 1.28 bits per heavy atom. The van der Waals surface area contributed by atoms with E-state index in [0.29, 0.717) is 5.56 Å². The van der Waals surface area contributed by atoms with Crippen LogP contribution in [-0.2, 0) is 16.6 Å². The van der Waals surface area contributed by atoms with Crippen molar-refractivity contribution in [3.63, 3.8) is 0 Å². The lowest BCUT2D eigenvalue weighted by molar-refractivity contribution is -0.384. The highest BCUT2D eigenvalue weighted by Crippen LogP contribution is 2.31. The van der Waals surface area contributed by atoms with Gasteiger partial charge in [-0.1, -0.05) is 17.7 Å². The predicted molar refractivity (Wildman–Crippen MR) is 90.5 cm³/mol. The molecule has 0 spiro atoms. The van der Waals surface area contributed by atoms with Crippen LogP contribution in [0.15, 0.2) is 47.5 Å². The fourth-order valence-electron chi connectivity index (χ4n) is 2.55. The average Bonchev–Trinajstić information content (AvgIpc) is 2.95. The van der Waals surface area contributed by atoms with Gasteiger partial charge in [-0.25, -0.2) is 16.8 Å². The molecule has 0 radical (unpaired) electrons. The SMILES string of the molecule is NCc1cn(S(=O)(=O)c2ccc(Cl)c([N+](=O)[O-])c2)c2cccc(F)c12. The van der Waals surface area contributed by atoms with E-state index in [1.807, 2.05) is 0 Å². The average molecular weight is 384 g/mol. The molecule has 7 nitrogen and oxygen atoms in total. The summed E-state index contributed by atoms with van der Waals surface area (Å²) in [6.45, 7) is -0.0687. The number of nitro groups is 1. The molecule has 2 aromatic carbocycles. The van der Waals surface area contributed by atoms with Gasteiger partial charge in [0.05, 0.1) is 15.3 Å². The van der Waals surface area contributed by atoms with Gasteiger partial charge in [-0.05, 0) is 29.8 Å². The number of nitrogens with two attached hydrogens (primary N) is 1. The fraction of sp³-hybridized carbons (Fsp3) is 0.0667. The van der Waals surface area contributed by atoms with Gasteiger partial charge < -0.3 is 5.73 Å². The van der Waals surface area contributed by atoms with Gasteiger partial charge in [0.25, 0.3) is 15.7 Å². The van der Waals surface area contributed by atoms with Crippen LogP contribution in [0.2, 0.25) is 5.02 Å². The van der Waals surface area contributed by atoms with Crippen LogP contribution in [-0.4, -0.2) is 17.3 Å². The third-order valence-corrected chi connectivity index (χ3v) is 5.70. The summed E-state index contributed by atoms with van der Waals surface area (Å²) in [6, 6.07) is 7.14. The largest absolute Gasteiger partial charge is 0.326 e. The van der Waals surface area contributed by atoms with E-state index < -0.39 is 26.5 Å². The Morgan fingerprint density at radius 2 is 2.00 bits per heavy atom. The van der Waals surface area contributed by atoms with Crippen molar-refractivity contribution >= 4 is 38.2 Å². The van der Waals surface area contributed by atoms with Crippen LogP contribution < -0.4 is 5.73 Å². The molecular formula is C15H11ClFN3O4S. The summed E-state index contributed by atoms with van der Waals surface area (Å²) >= 11 is 5.72. The molecule has 3 rings (SSSR count). The van der Waals surface area contributed by atoms with Crippen LogP contribution in [0, 0.1) is 15.9 Å². The Bertz CT molecular complexity index is 1110. The van der Waals surface area contributed by atoms with E-state index in [1.165, 1.54) is 24.4 Å². The molecule has 0 saturated heterocycles. The summed E-state index contributed by atoms with van der Waals surface area (Å²) in [6.07, 6.45) is 1.21. The molecule has 0 bridgehead atoms. The first-order valence-corrected chi connectivity index (χ1v) is 8.77. The maximum Gasteiger partial charge on any atom is 0.289 e. The molecule has 130 valence electrons. The lowest BCUT2D eigenvalue weighted by Crippen LogP contribution is -2.12. The minimum Gasteiger partial charge on any atom is -0.326 e. The van der Waals surface area contributed by atoms with Crippen LogP contribution in [0.4, 0.5) is 10.1 Å². The van der Waals surface area contributed by atoms with Gasteiger partial charge in [0.15, 0.2) is 0 Å². The second kappa shape index (κ2) is 6.10. The molecule has 1 aromatic heterocycles. The zero-order valence-corrected chi connectivity index (χ0v) is 14.1. The van der Waals surface area contributed by atoms with Crippen LogP contribution in [0.1, 0.15) is 5.56 Å². The molecule has 1 heterocycles. The van der Waals surface area contributed by atoms with Crippen molar-refractivity contribution in [1.82, 2.24) is 3.97 Å². The Kier molecular flexibility index (Phi) is 4.23. The molecule has 2 N–H and O–H groups in total. The van der Waals surface area contributed by atoms with Crippen LogP contribution in [0.25, 0.3) is 10.9 Å². The van der Waals surface area contributed by atoms with Crippen LogP contribution in [0.5, 0.6) is 0 Å². The normalized spacial score (nSPS) is 11.8. The van der Waals surface area contributed by atoms with Gasteiger partial charge in [-0.3, -0.25) is 10.1 Å². The number of hydrogen-bond acceptors (Lipinski definition) is 5. The lowest BCUT2D eigenvalue weighted by atomic mass is 10.2. The van der Waals surface area contributed by atoms with Gasteiger partial charge in [-0.15, -0.1) is 0 Å². The highest BCUT2D eigenvalue weighted by Gasteiger charge is 2.25. The first kappa shape index (κ1) is 17.3. The summed E-state index contributed by atoms with van der Waals surface area (Å²) in [7, 11) is -4.21. The minimum atomic E-state index is -4.21. The zero-order valence-electron chi connectivity index (χ0n) is 12.5. The van der Waals surface area contributed by atoms with Gasteiger partial charge >= 0.3 is 0 Å². The third-order valence-electron chi connectivity index (χ3n) is 3.71. The Balaban J connectivity index is 2.29. The number of hydrogen-bond donors (Lipinski definition) is 1. The third kappa shape index (κ3) is 2.76. The molecule has 0 fully saturated rings. The molecular weight excluding hydrogens is 373 g/mol. The Labute approximate surface area is 146 Å². The zero-order chi connectivity index (χ0) is 18.4. The highest BCUT2D eigenvalue weighted by molar-refractivity contribution is 7.90. The van der Waals surface area contributed by atoms with Crippen molar-refractivity contribution in [2.75, 3.05) is 0 Å². The van der Waals surface area contributed by atoms with E-state index in [4.69, 9.17) is 17.3 Å². The van der Waals surface area contributed by atoms with E-state index in [9.17, 15) is 22.9 Å². The monoisotopic (exact) mass is 383 g/mol. The summed E-state index contributed by atoms with van der Waals surface area (Å²) < 4.78 is 40.8. The molecule has 0 atom stereocenters. The maximum absolute atomic E-state index is 14.1. The van der Waals surface area contributed by atoms with Crippen molar-refractivity contribution in [3.8, 4) is 0 Å². The second-order valence-corrected chi connectivity index (χ2v) is 7.39. The number of nitrogens with zero attached hydrogens (tertiary/aromatic N) is 2. The van der Waals surface area contributed by atoms with Gasteiger partial charge in [0.2, 0.25) is 0 Å². The number of aromatic nitrogens is 1. The van der Waals surface area contributed by atoms with Crippen molar-refractivity contribution < 1.29 is 17.7 Å². The molecule has 0 aliphatic heterocycles. The molecule has 0 saturated carbocycles. The summed E-state index contributed by atoms with van der Waals surface area (Å²) in [5, 5.41) is 10.9. The van der Waals surface area contributed by atoms with Gasteiger partial charge in [0, 0.05) is 24.2 Å². The summed E-state index contributed by atoms with van der Waals surface area (Å²) in [4.78, 5) is 9.88. The van der Waals surface area contributed by atoms with Crippen molar-refractivity contribution in [1.29, 1.82) is 0 Å². The number of benzene rings is 2. The first-order valence-electron chi connectivity index (χ1n) is 6.95. The Hall–Kier alpha value is -2.49. The first-order chi connectivity index (χ1) is 11.8. The van der Waals surface area contributed by atoms with E-state index in [2.05, 4.69) is 0 Å². The minimum absolute atomic E-state index is 0.0687. The predicted octanol–water partition coefficient (Wildman–Crippen LogP) is 3.04. The second-order valence-electron chi connectivity index (χ2n) is 5.16. The molecule has 0 amide bonds. The number of halogens is 2. The van der Waals surface area contributed by atoms with Gasteiger partial charge in [0.1, 0.15) is 10.8 Å². The molecule has 25 heavy (non-hydrogen) atoms. The molecule has 0 aliphatic rings. The fourth-order valence-corrected chi connectivity index (χ4v) is 4.14. The number of fused-ring (bicyclic) bond motifs is 1. The van der Waals surface area contributed by atoms with Crippen LogP contribution in [0.3, 0.4) is 0 Å². The molecule has 10 heteroatoms. The van der Waals surface area contributed by atoms with Crippen LogP contribution >= 0.6 is 11.6 Å². The summed E-state index contributed by atoms with van der Waals surface area (Å²) in [5.74, 6) is -0.603. The van der Waals surface area contributed by atoms with Crippen molar-refractivity contribution in [2.45, 2.75) is 11.4 Å². The van der Waals surface area contributed by atoms with Crippen molar-refractivity contribution in [2.24, 2.45) is 5.73 Å². The lowest BCUT2D eigenvalue weighted by Gasteiger charge is -2.08. The van der Waals surface area contributed by atoms with Gasteiger partial charge in [-0.2, -0.15) is 0 Å². The number of rotatable bonds is 4. The van der Waals surface area contributed by atoms with E-state index >= 15 is 0 Å². The highest BCUT2D eigenvalue weighted by atomic mass is 35.5. The van der Waals surface area contributed by atoms with E-state index in [-0.39, 0.29) is 27.4 Å². The Morgan fingerprint density at radius 3 is 2.64 bits per heavy atom. The standard InChI is InChI=1S/C15H11ClFN3O4S/c16-11-5-4-10(6-14(11)20(21)22)25(23,24)19-8-9(7-18)15-12(17)2-1-3-13(15)19/h1-6,8H,7,18H2.